The fourth-order valence-electron chi connectivity index (χ4n) is 4.64. The normalized spacial score (nSPS) is 10.5. The van der Waals surface area contributed by atoms with Crippen molar-refractivity contribution >= 4 is 11.0 Å². The molecule has 5 aromatic carbocycles. The van der Waals surface area contributed by atoms with Crippen molar-refractivity contribution in [3.05, 3.63) is 133 Å². The topological polar surface area (TPSA) is 8.81 Å². The summed E-state index contributed by atoms with van der Waals surface area (Å²) in [6, 6.07) is 49.1. The van der Waals surface area contributed by atoms with Gasteiger partial charge in [0.05, 0.1) is 7.05 Å². The molecule has 0 aliphatic heterocycles. The first-order valence-electron chi connectivity index (χ1n) is 11.7. The summed E-state index contributed by atoms with van der Waals surface area (Å²) in [7, 11) is 2.13. The number of benzene rings is 5. The van der Waals surface area contributed by atoms with Crippen LogP contribution in [-0.2, 0) is 72.5 Å². The van der Waals surface area contributed by atoms with E-state index < -0.39 is 0 Å². The molecule has 0 bridgehead atoms. The van der Waals surface area contributed by atoms with Crippen molar-refractivity contribution in [1.29, 1.82) is 0 Å². The molecule has 1 heterocycles. The minimum absolute atomic E-state index is 0. The molecule has 0 aliphatic carbocycles. The average Bonchev–Trinajstić information content (AvgIpc) is 3.22. The Kier molecular flexibility index (Phi) is 9.09. The Balaban J connectivity index is 0.00000160. The predicted molar refractivity (Wildman–Crippen MR) is 141 cm³/mol. The molecule has 0 aliphatic rings. The summed E-state index contributed by atoms with van der Waals surface area (Å²) < 4.78 is 4.58. The summed E-state index contributed by atoms with van der Waals surface area (Å²) in [6.45, 7) is 2.15. The second-order valence-corrected chi connectivity index (χ2v) is 8.65. The van der Waals surface area contributed by atoms with E-state index in [1.807, 2.05) is 36.4 Å². The fourth-order valence-corrected chi connectivity index (χ4v) is 4.64. The molecule has 2 radical (unpaired) electrons. The quantitative estimate of drug-likeness (QED) is 0.148. The van der Waals surface area contributed by atoms with Crippen molar-refractivity contribution in [3.8, 4) is 39.3 Å². The van der Waals surface area contributed by atoms with Crippen molar-refractivity contribution in [2.75, 3.05) is 0 Å². The van der Waals surface area contributed by atoms with E-state index in [9.17, 15) is 0 Å². The van der Waals surface area contributed by atoms with Gasteiger partial charge < -0.3 is 0 Å². The van der Waals surface area contributed by atoms with Crippen LogP contribution in [0.25, 0.3) is 50.4 Å². The van der Waals surface area contributed by atoms with E-state index in [4.69, 9.17) is 0 Å². The molecule has 0 atom stereocenters. The number of imidazole rings is 1. The van der Waals surface area contributed by atoms with Gasteiger partial charge in [0, 0.05) is 65.4 Å². The van der Waals surface area contributed by atoms with Gasteiger partial charge in [0.25, 0.3) is 0 Å². The summed E-state index contributed by atoms with van der Waals surface area (Å²) >= 11 is 0. The van der Waals surface area contributed by atoms with Crippen molar-refractivity contribution in [3.63, 3.8) is 0 Å². The minimum atomic E-state index is 0. The average molecular weight is 625 g/mol. The fraction of sp³-hybridized carbons (Fsp3) is 0.0606. The van der Waals surface area contributed by atoms with Gasteiger partial charge in [-0.2, -0.15) is 36.4 Å². The first kappa shape index (κ1) is 27.8. The Labute approximate surface area is 269 Å². The third kappa shape index (κ3) is 5.36. The van der Waals surface area contributed by atoms with Crippen LogP contribution in [0.15, 0.2) is 103 Å². The van der Waals surface area contributed by atoms with Gasteiger partial charge in [0.15, 0.2) is 11.0 Å². The summed E-state index contributed by atoms with van der Waals surface area (Å²) in [4.78, 5) is 0. The van der Waals surface area contributed by atoms with E-state index in [0.29, 0.717) is 0 Å². The maximum atomic E-state index is 3.72. The van der Waals surface area contributed by atoms with Crippen molar-refractivity contribution in [1.82, 2.24) is 4.57 Å². The Morgan fingerprint density at radius 3 is 2.03 bits per heavy atom. The summed E-state index contributed by atoms with van der Waals surface area (Å²) in [6.07, 6.45) is 0. The van der Waals surface area contributed by atoms with Gasteiger partial charge in [0.2, 0.25) is 5.82 Å². The Bertz CT molecular complexity index is 1640. The maximum absolute atomic E-state index is 3.72. The van der Waals surface area contributed by atoms with Gasteiger partial charge in [-0.3, -0.25) is 4.57 Å². The molecular weight excluding hydrogens is 602 g/mol. The molecule has 6 aromatic rings. The van der Waals surface area contributed by atoms with Crippen LogP contribution in [0.3, 0.4) is 0 Å². The van der Waals surface area contributed by atoms with Crippen LogP contribution in [0, 0.1) is 31.2 Å². The zero-order chi connectivity index (χ0) is 23.8. The molecule has 174 valence electrons. The van der Waals surface area contributed by atoms with E-state index in [-0.39, 0.29) is 65.4 Å². The van der Waals surface area contributed by atoms with Crippen LogP contribution in [0.1, 0.15) is 5.56 Å². The molecule has 37 heavy (non-hydrogen) atoms. The van der Waals surface area contributed by atoms with Crippen molar-refractivity contribution in [2.24, 2.45) is 7.05 Å². The second-order valence-electron chi connectivity index (χ2n) is 8.65. The molecular formula is C33H23N2Y2-3. The van der Waals surface area contributed by atoms with E-state index in [1.165, 1.54) is 11.1 Å². The van der Waals surface area contributed by atoms with Crippen LogP contribution in [0.2, 0.25) is 0 Å². The molecule has 4 heteroatoms. The third-order valence-corrected chi connectivity index (χ3v) is 6.44. The standard InChI is InChI=1S/C33H23N2.2Y/c1-24-17-18-28(27-21-19-26(20-22-27)25-11-5-3-6-12-25)23-30(24)33-34(2)31-15-9-10-16-32(31)35(33)29-13-7-4-8-14-29;;/h3-11,13-19,22H,1-2H3;;/q-3;;. The number of rotatable bonds is 4. The monoisotopic (exact) mass is 625 g/mol. The molecule has 1 aromatic heterocycles. The van der Waals surface area contributed by atoms with Crippen LogP contribution in [0.4, 0.5) is 0 Å². The van der Waals surface area contributed by atoms with Gasteiger partial charge in [-0.15, -0.1) is 17.7 Å². The number of aryl methyl sites for hydroxylation is 2. The largest absolute Gasteiger partial charge is 0.258 e. The summed E-state index contributed by atoms with van der Waals surface area (Å²) in [5.41, 5.74) is 9.67. The SMILES string of the molecule is Cc1ccc(-c2[c-]cc(-c3[c-]cccc3)[c-]c2)[c-]c1-c1n(-c2ccccc2)c2ccccc2[n+]1C.[Y].[Y]. The first-order chi connectivity index (χ1) is 17.2. The zero-order valence-corrected chi connectivity index (χ0v) is 26.5. The molecule has 0 saturated heterocycles. The molecule has 0 saturated carbocycles. The van der Waals surface area contributed by atoms with Gasteiger partial charge in [0.1, 0.15) is 5.69 Å². The molecule has 6 rings (SSSR count). The first-order valence-corrected chi connectivity index (χ1v) is 11.7. The minimum Gasteiger partial charge on any atom is -0.258 e. The Morgan fingerprint density at radius 2 is 1.32 bits per heavy atom. The summed E-state index contributed by atoms with van der Waals surface area (Å²) in [5.74, 6) is 1.09. The van der Waals surface area contributed by atoms with Crippen molar-refractivity contribution < 1.29 is 70.0 Å². The molecule has 0 N–H and O–H groups in total. The van der Waals surface area contributed by atoms with Gasteiger partial charge in [-0.1, -0.05) is 37.3 Å². The van der Waals surface area contributed by atoms with Crippen molar-refractivity contribution in [2.45, 2.75) is 6.92 Å². The zero-order valence-electron chi connectivity index (χ0n) is 20.9. The van der Waals surface area contributed by atoms with Gasteiger partial charge in [-0.25, -0.2) is 51.1 Å². The second kappa shape index (κ2) is 12.1. The van der Waals surface area contributed by atoms with E-state index in [0.717, 1.165) is 44.8 Å². The van der Waals surface area contributed by atoms with E-state index in [2.05, 4.69) is 114 Å². The number of fused-ring (bicyclic) bond motifs is 1. The molecule has 2 nitrogen and oxygen atoms in total. The van der Waals surface area contributed by atoms with E-state index >= 15 is 0 Å². The number of hydrogen-bond acceptors (Lipinski definition) is 0. The number of para-hydroxylation sites is 3. The van der Waals surface area contributed by atoms with Gasteiger partial charge in [-0.05, 0) is 29.8 Å². The number of hydrogen-bond donors (Lipinski definition) is 0. The molecule has 0 fully saturated rings. The maximum Gasteiger partial charge on any atom is 0.229 e. The van der Waals surface area contributed by atoms with Gasteiger partial charge >= 0.3 is 0 Å². The van der Waals surface area contributed by atoms with E-state index in [1.54, 1.807) is 0 Å². The van der Waals surface area contributed by atoms with Crippen LogP contribution in [-0.4, -0.2) is 4.57 Å². The predicted octanol–water partition coefficient (Wildman–Crippen LogP) is 6.96. The van der Waals surface area contributed by atoms with Crippen LogP contribution in [0.5, 0.6) is 0 Å². The number of aromatic nitrogens is 2. The smallest absolute Gasteiger partial charge is 0.229 e. The number of nitrogens with zero attached hydrogens (tertiary/aromatic N) is 2. The van der Waals surface area contributed by atoms with Crippen LogP contribution >= 0.6 is 0 Å². The Hall–Kier alpha value is -2.22. The summed E-state index contributed by atoms with van der Waals surface area (Å²) in [5, 5.41) is 0. The molecule has 0 unspecified atom stereocenters. The van der Waals surface area contributed by atoms with Crippen LogP contribution < -0.4 is 4.57 Å². The third-order valence-electron chi connectivity index (χ3n) is 6.44. The molecule has 0 amide bonds. The Morgan fingerprint density at radius 1 is 0.649 bits per heavy atom. The molecule has 0 spiro atoms.